The molecule has 2 aromatic carbocycles. The number of nitrogens with zero attached hydrogens (tertiary/aromatic N) is 1. The van der Waals surface area contributed by atoms with Crippen molar-refractivity contribution in [2.45, 2.75) is 19.8 Å². The Morgan fingerprint density at radius 2 is 1.55 bits per heavy atom. The third-order valence-corrected chi connectivity index (χ3v) is 7.55. The SMILES string of the molecule is CCCCN1C(=O)c2cccc3c(-c4ccc(-c5cccs5)s4)ccc(c23)C1=O. The molecule has 1 aliphatic heterocycles. The van der Waals surface area contributed by atoms with Crippen molar-refractivity contribution in [2.75, 3.05) is 6.54 Å². The molecular weight excluding hydrogens is 398 g/mol. The molecule has 0 N–H and O–H groups in total. The first-order valence-corrected chi connectivity index (χ1v) is 11.4. The number of benzene rings is 2. The molecule has 29 heavy (non-hydrogen) atoms. The minimum absolute atomic E-state index is 0.177. The average Bonchev–Trinajstić information content (AvgIpc) is 3.43. The van der Waals surface area contributed by atoms with Crippen LogP contribution >= 0.6 is 22.7 Å². The van der Waals surface area contributed by atoms with Crippen LogP contribution in [0.25, 0.3) is 31.0 Å². The van der Waals surface area contributed by atoms with Gasteiger partial charge < -0.3 is 0 Å². The van der Waals surface area contributed by atoms with E-state index >= 15 is 0 Å². The van der Waals surface area contributed by atoms with Crippen LogP contribution in [-0.2, 0) is 0 Å². The van der Waals surface area contributed by atoms with Gasteiger partial charge in [-0.05, 0) is 53.1 Å². The predicted octanol–water partition coefficient (Wildman–Crippen LogP) is 6.69. The minimum atomic E-state index is -0.177. The van der Waals surface area contributed by atoms with E-state index in [9.17, 15) is 9.59 Å². The smallest absolute Gasteiger partial charge is 0.261 e. The molecule has 0 atom stereocenters. The highest BCUT2D eigenvalue weighted by atomic mass is 32.1. The fourth-order valence-corrected chi connectivity index (χ4v) is 5.79. The maximum absolute atomic E-state index is 13.0. The number of rotatable bonds is 5. The van der Waals surface area contributed by atoms with E-state index in [-0.39, 0.29) is 11.8 Å². The highest BCUT2D eigenvalue weighted by Crippen LogP contribution is 2.41. The van der Waals surface area contributed by atoms with Gasteiger partial charge in [0, 0.05) is 37.7 Å². The van der Waals surface area contributed by atoms with Crippen LogP contribution in [-0.4, -0.2) is 23.3 Å². The van der Waals surface area contributed by atoms with Gasteiger partial charge >= 0.3 is 0 Å². The van der Waals surface area contributed by atoms with Gasteiger partial charge in [0.25, 0.3) is 11.8 Å². The monoisotopic (exact) mass is 417 g/mol. The Labute approximate surface area is 177 Å². The van der Waals surface area contributed by atoms with Crippen molar-refractivity contribution >= 4 is 45.3 Å². The molecule has 0 aliphatic carbocycles. The van der Waals surface area contributed by atoms with Gasteiger partial charge in [-0.2, -0.15) is 0 Å². The van der Waals surface area contributed by atoms with Crippen molar-refractivity contribution in [3.63, 3.8) is 0 Å². The first-order chi connectivity index (χ1) is 14.2. The molecule has 2 aromatic heterocycles. The lowest BCUT2D eigenvalue weighted by Crippen LogP contribution is -2.40. The Hall–Kier alpha value is -2.76. The van der Waals surface area contributed by atoms with Crippen molar-refractivity contribution in [3.05, 3.63) is 71.1 Å². The van der Waals surface area contributed by atoms with E-state index in [1.165, 1.54) is 14.7 Å². The average molecular weight is 418 g/mol. The molecule has 0 bridgehead atoms. The maximum atomic E-state index is 13.0. The van der Waals surface area contributed by atoms with Crippen LogP contribution in [0.5, 0.6) is 0 Å². The minimum Gasteiger partial charge on any atom is -0.274 e. The first kappa shape index (κ1) is 18.3. The molecule has 3 nitrogen and oxygen atoms in total. The maximum Gasteiger partial charge on any atom is 0.261 e. The second-order valence-electron chi connectivity index (χ2n) is 7.15. The lowest BCUT2D eigenvalue weighted by Gasteiger charge is -2.27. The summed E-state index contributed by atoms with van der Waals surface area (Å²) in [4.78, 5) is 31.1. The Kier molecular flexibility index (Phi) is 4.57. The van der Waals surface area contributed by atoms with Crippen molar-refractivity contribution < 1.29 is 9.59 Å². The number of imide groups is 1. The lowest BCUT2D eigenvalue weighted by molar-refractivity contribution is 0.0608. The molecular formula is C24H19NO2S2. The molecule has 0 radical (unpaired) electrons. The van der Waals surface area contributed by atoms with E-state index < -0.39 is 0 Å². The number of carbonyl (C=O) groups excluding carboxylic acids is 2. The molecule has 0 fully saturated rings. The van der Waals surface area contributed by atoms with Crippen LogP contribution in [0.3, 0.4) is 0 Å². The Morgan fingerprint density at radius 3 is 2.31 bits per heavy atom. The molecule has 0 unspecified atom stereocenters. The number of thiophene rings is 2. The van der Waals surface area contributed by atoms with Gasteiger partial charge in [-0.1, -0.05) is 37.6 Å². The van der Waals surface area contributed by atoms with Crippen LogP contribution in [0.15, 0.2) is 60.0 Å². The van der Waals surface area contributed by atoms with E-state index in [1.807, 2.05) is 30.3 Å². The van der Waals surface area contributed by atoms with Crippen molar-refractivity contribution in [1.82, 2.24) is 4.90 Å². The van der Waals surface area contributed by atoms with Gasteiger partial charge in [0.1, 0.15) is 0 Å². The van der Waals surface area contributed by atoms with Gasteiger partial charge in [0.2, 0.25) is 0 Å². The fraction of sp³-hybridized carbons (Fsp3) is 0.167. The molecule has 0 saturated heterocycles. The van der Waals surface area contributed by atoms with E-state index in [2.05, 4.69) is 36.6 Å². The number of amides is 2. The quantitative estimate of drug-likeness (QED) is 0.339. The second kappa shape index (κ2) is 7.25. The summed E-state index contributed by atoms with van der Waals surface area (Å²) in [6.45, 7) is 2.53. The fourth-order valence-electron chi connectivity index (χ4n) is 3.91. The highest BCUT2D eigenvalue weighted by Gasteiger charge is 2.32. The summed E-state index contributed by atoms with van der Waals surface area (Å²) >= 11 is 3.47. The molecule has 0 spiro atoms. The van der Waals surface area contributed by atoms with E-state index in [0.717, 1.165) is 34.1 Å². The summed E-state index contributed by atoms with van der Waals surface area (Å²) in [6.07, 6.45) is 1.76. The number of carbonyl (C=O) groups is 2. The predicted molar refractivity (Wildman–Crippen MR) is 121 cm³/mol. The van der Waals surface area contributed by atoms with E-state index in [1.54, 1.807) is 22.7 Å². The Bertz CT molecular complexity index is 1210. The summed E-state index contributed by atoms with van der Waals surface area (Å²) < 4.78 is 0. The molecule has 1 aliphatic rings. The Balaban J connectivity index is 1.65. The zero-order chi connectivity index (χ0) is 20.0. The number of hydrogen-bond donors (Lipinski definition) is 0. The summed E-state index contributed by atoms with van der Waals surface area (Å²) in [7, 11) is 0. The lowest BCUT2D eigenvalue weighted by atomic mass is 9.91. The van der Waals surface area contributed by atoms with Gasteiger partial charge in [-0.15, -0.1) is 22.7 Å². The summed E-state index contributed by atoms with van der Waals surface area (Å²) in [5.74, 6) is -0.353. The van der Waals surface area contributed by atoms with Crippen LogP contribution in [0, 0.1) is 0 Å². The largest absolute Gasteiger partial charge is 0.274 e. The van der Waals surface area contributed by atoms with Crippen molar-refractivity contribution in [2.24, 2.45) is 0 Å². The zero-order valence-corrected chi connectivity index (χ0v) is 17.6. The van der Waals surface area contributed by atoms with Crippen LogP contribution in [0.1, 0.15) is 40.5 Å². The van der Waals surface area contributed by atoms with Crippen LogP contribution in [0.2, 0.25) is 0 Å². The summed E-state index contributed by atoms with van der Waals surface area (Å²) in [5, 5.41) is 3.84. The van der Waals surface area contributed by atoms with E-state index in [4.69, 9.17) is 0 Å². The molecule has 4 aromatic rings. The van der Waals surface area contributed by atoms with Gasteiger partial charge in [-0.25, -0.2) is 0 Å². The topological polar surface area (TPSA) is 37.4 Å². The van der Waals surface area contributed by atoms with Crippen molar-refractivity contribution in [3.8, 4) is 20.2 Å². The standard InChI is InChI=1S/C24H19NO2S2/c1-2-3-13-25-23(26)17-7-4-6-16-15(9-10-18(22(16)17)24(25)27)19-11-12-21(29-19)20-8-5-14-28-20/h4-12,14H,2-3,13H2,1H3. The van der Waals surface area contributed by atoms with Crippen molar-refractivity contribution in [1.29, 1.82) is 0 Å². The van der Waals surface area contributed by atoms with Crippen LogP contribution in [0.4, 0.5) is 0 Å². The van der Waals surface area contributed by atoms with Crippen LogP contribution < -0.4 is 0 Å². The first-order valence-electron chi connectivity index (χ1n) is 9.75. The van der Waals surface area contributed by atoms with Gasteiger partial charge in [0.15, 0.2) is 0 Å². The normalized spacial score (nSPS) is 13.5. The third-order valence-electron chi connectivity index (χ3n) is 5.36. The summed E-state index contributed by atoms with van der Waals surface area (Å²) in [5.41, 5.74) is 2.33. The summed E-state index contributed by atoms with van der Waals surface area (Å²) in [6, 6.07) is 18.2. The molecule has 2 amide bonds. The molecule has 5 rings (SSSR count). The van der Waals surface area contributed by atoms with Gasteiger partial charge in [0.05, 0.1) is 0 Å². The molecule has 0 saturated carbocycles. The zero-order valence-electron chi connectivity index (χ0n) is 16.0. The second-order valence-corrected chi connectivity index (χ2v) is 9.18. The highest BCUT2D eigenvalue weighted by molar-refractivity contribution is 7.23. The van der Waals surface area contributed by atoms with E-state index in [0.29, 0.717) is 17.7 Å². The molecule has 3 heterocycles. The molecule has 5 heteroatoms. The van der Waals surface area contributed by atoms with Gasteiger partial charge in [-0.3, -0.25) is 14.5 Å². The Morgan fingerprint density at radius 1 is 0.793 bits per heavy atom. The number of hydrogen-bond acceptors (Lipinski definition) is 4. The third kappa shape index (κ3) is 2.93. The number of unbranched alkanes of at least 4 members (excludes halogenated alkanes) is 1. The molecule has 144 valence electrons.